The first kappa shape index (κ1) is 15.4. The van der Waals surface area contributed by atoms with Crippen molar-refractivity contribution in [2.45, 2.75) is 4.90 Å². The minimum absolute atomic E-state index is 0.240. The number of fused-ring (bicyclic) bond motifs is 3. The molecular formula is C17H13N3O4S. The van der Waals surface area contributed by atoms with Gasteiger partial charge in [-0.3, -0.25) is 4.55 Å². The summed E-state index contributed by atoms with van der Waals surface area (Å²) in [5.74, 6) is 0.343. The largest absolute Gasteiger partial charge is 0.507 e. The summed E-state index contributed by atoms with van der Waals surface area (Å²) in [6.45, 7) is 0. The minimum atomic E-state index is -4.44. The number of aromatic amines is 1. The zero-order chi connectivity index (χ0) is 17.8. The smallest absolute Gasteiger partial charge is 0.294 e. The lowest BCUT2D eigenvalue weighted by atomic mass is 10.1. The van der Waals surface area contributed by atoms with E-state index >= 15 is 0 Å². The Morgan fingerprint density at radius 1 is 1.00 bits per heavy atom. The number of imidazole rings is 1. The fraction of sp³-hybridized carbons (Fsp3) is 0. The number of benzene rings is 3. The molecule has 0 unspecified atom stereocenters. The molecule has 0 saturated carbocycles. The van der Waals surface area contributed by atoms with Gasteiger partial charge in [-0.05, 0) is 42.5 Å². The van der Waals surface area contributed by atoms with Crippen molar-refractivity contribution < 1.29 is 18.1 Å². The molecule has 1 aromatic heterocycles. The third-order valence-electron chi connectivity index (χ3n) is 4.02. The summed E-state index contributed by atoms with van der Waals surface area (Å²) in [4.78, 5) is 7.25. The number of phenolic OH excluding ortho intramolecular Hbond substituents is 1. The Kier molecular flexibility index (Phi) is 3.21. The van der Waals surface area contributed by atoms with E-state index in [1.165, 1.54) is 6.07 Å². The van der Waals surface area contributed by atoms with E-state index < -0.39 is 10.1 Å². The van der Waals surface area contributed by atoms with Crippen molar-refractivity contribution in [1.29, 1.82) is 0 Å². The van der Waals surface area contributed by atoms with Gasteiger partial charge in [-0.25, -0.2) is 4.98 Å². The first-order valence-corrected chi connectivity index (χ1v) is 8.76. The van der Waals surface area contributed by atoms with Crippen LogP contribution in [0.5, 0.6) is 5.75 Å². The summed E-state index contributed by atoms with van der Waals surface area (Å²) in [5, 5.41) is 11.0. The van der Waals surface area contributed by atoms with Crippen LogP contribution in [-0.2, 0) is 10.1 Å². The maximum Gasteiger partial charge on any atom is 0.294 e. The molecule has 8 heteroatoms. The van der Waals surface area contributed by atoms with Gasteiger partial charge >= 0.3 is 0 Å². The van der Waals surface area contributed by atoms with Crippen LogP contribution in [0.1, 0.15) is 0 Å². The van der Waals surface area contributed by atoms with Gasteiger partial charge in [0, 0.05) is 28.1 Å². The molecule has 3 aromatic carbocycles. The van der Waals surface area contributed by atoms with Crippen LogP contribution in [0.3, 0.4) is 0 Å². The average Bonchev–Trinajstić information content (AvgIpc) is 2.99. The zero-order valence-electron chi connectivity index (χ0n) is 12.8. The highest BCUT2D eigenvalue weighted by molar-refractivity contribution is 7.85. The Bertz CT molecular complexity index is 1230. The molecule has 25 heavy (non-hydrogen) atoms. The Balaban J connectivity index is 2.02. The van der Waals surface area contributed by atoms with Crippen LogP contribution in [0, 0.1) is 0 Å². The number of hydrogen-bond donors (Lipinski definition) is 4. The van der Waals surface area contributed by atoms with Gasteiger partial charge < -0.3 is 15.8 Å². The van der Waals surface area contributed by atoms with Gasteiger partial charge in [-0.15, -0.1) is 0 Å². The molecule has 0 atom stereocenters. The highest BCUT2D eigenvalue weighted by atomic mass is 32.2. The molecule has 4 rings (SSSR count). The molecule has 0 aliphatic rings. The van der Waals surface area contributed by atoms with Crippen LogP contribution in [0.4, 0.5) is 5.69 Å². The van der Waals surface area contributed by atoms with E-state index in [4.69, 9.17) is 5.73 Å². The second kappa shape index (κ2) is 5.20. The van der Waals surface area contributed by atoms with Crippen LogP contribution >= 0.6 is 0 Å². The van der Waals surface area contributed by atoms with Crippen LogP contribution in [0.15, 0.2) is 53.4 Å². The van der Waals surface area contributed by atoms with Crippen molar-refractivity contribution in [3.63, 3.8) is 0 Å². The number of nitrogens with zero attached hydrogens (tertiary/aromatic N) is 1. The molecule has 0 aliphatic heterocycles. The SMILES string of the molecule is Nc1ccc(-c2nc3ccc4c(O)cc(S(=O)(=O)O)cc4c3[nH]2)cc1. The minimum Gasteiger partial charge on any atom is -0.507 e. The van der Waals surface area contributed by atoms with Gasteiger partial charge in [0.05, 0.1) is 15.9 Å². The molecule has 126 valence electrons. The quantitative estimate of drug-likeness (QED) is 0.323. The normalized spacial score (nSPS) is 12.0. The lowest BCUT2D eigenvalue weighted by Crippen LogP contribution is -1.97. The number of rotatable bonds is 2. The molecule has 7 nitrogen and oxygen atoms in total. The summed E-state index contributed by atoms with van der Waals surface area (Å²) in [6.07, 6.45) is 0. The molecule has 0 spiro atoms. The molecule has 0 fully saturated rings. The fourth-order valence-electron chi connectivity index (χ4n) is 2.80. The molecule has 0 aliphatic carbocycles. The Morgan fingerprint density at radius 3 is 2.40 bits per heavy atom. The first-order valence-electron chi connectivity index (χ1n) is 7.32. The molecule has 5 N–H and O–H groups in total. The van der Waals surface area contributed by atoms with E-state index in [2.05, 4.69) is 9.97 Å². The first-order chi connectivity index (χ1) is 11.8. The van der Waals surface area contributed by atoms with E-state index in [0.717, 1.165) is 11.6 Å². The van der Waals surface area contributed by atoms with Crippen molar-refractivity contribution in [2.75, 3.05) is 5.73 Å². The van der Waals surface area contributed by atoms with E-state index in [1.54, 1.807) is 24.3 Å². The van der Waals surface area contributed by atoms with Crippen molar-refractivity contribution in [1.82, 2.24) is 9.97 Å². The number of phenols is 1. The Hall–Kier alpha value is -3.10. The lowest BCUT2D eigenvalue weighted by Gasteiger charge is -2.05. The van der Waals surface area contributed by atoms with Crippen molar-refractivity contribution in [2.24, 2.45) is 0 Å². The maximum atomic E-state index is 11.4. The van der Waals surface area contributed by atoms with E-state index in [-0.39, 0.29) is 10.6 Å². The zero-order valence-corrected chi connectivity index (χ0v) is 13.6. The summed E-state index contributed by atoms with van der Waals surface area (Å²) in [6, 6.07) is 12.8. The number of H-pyrrole nitrogens is 1. The number of anilines is 1. The van der Waals surface area contributed by atoms with Crippen molar-refractivity contribution >= 4 is 37.6 Å². The third kappa shape index (κ3) is 2.57. The van der Waals surface area contributed by atoms with Gasteiger partial charge in [0.2, 0.25) is 0 Å². The highest BCUT2D eigenvalue weighted by Gasteiger charge is 2.16. The Morgan fingerprint density at radius 2 is 1.72 bits per heavy atom. The molecule has 0 amide bonds. The number of nitrogens with two attached hydrogens (primary N) is 1. The Labute approximate surface area is 142 Å². The van der Waals surface area contributed by atoms with Gasteiger partial charge in [0.25, 0.3) is 10.1 Å². The highest BCUT2D eigenvalue weighted by Crippen LogP contribution is 2.34. The summed E-state index contributed by atoms with van der Waals surface area (Å²) in [5.41, 5.74) is 8.30. The topological polar surface area (TPSA) is 129 Å². The van der Waals surface area contributed by atoms with Crippen molar-refractivity contribution in [3.8, 4) is 17.1 Å². The maximum absolute atomic E-state index is 11.4. The van der Waals surface area contributed by atoms with E-state index in [1.807, 2.05) is 12.1 Å². The second-order valence-corrected chi connectivity index (χ2v) is 7.10. The molecule has 0 radical (unpaired) electrons. The molecule has 4 aromatic rings. The van der Waals surface area contributed by atoms with E-state index in [9.17, 15) is 18.1 Å². The van der Waals surface area contributed by atoms with Crippen LogP contribution < -0.4 is 5.73 Å². The summed E-state index contributed by atoms with van der Waals surface area (Å²) in [7, 11) is -4.44. The van der Waals surface area contributed by atoms with Gasteiger partial charge in [-0.2, -0.15) is 8.42 Å². The van der Waals surface area contributed by atoms with Gasteiger partial charge in [0.1, 0.15) is 11.6 Å². The number of hydrogen-bond acceptors (Lipinski definition) is 5. The van der Waals surface area contributed by atoms with Gasteiger partial charge in [-0.1, -0.05) is 0 Å². The van der Waals surface area contributed by atoms with Crippen LogP contribution in [0.25, 0.3) is 33.2 Å². The summed E-state index contributed by atoms with van der Waals surface area (Å²) < 4.78 is 32.1. The molecule has 0 saturated heterocycles. The van der Waals surface area contributed by atoms with Crippen molar-refractivity contribution in [3.05, 3.63) is 48.5 Å². The third-order valence-corrected chi connectivity index (χ3v) is 4.85. The molecule has 0 bridgehead atoms. The number of nitrogen functional groups attached to an aromatic ring is 1. The summed E-state index contributed by atoms with van der Waals surface area (Å²) >= 11 is 0. The number of aromatic nitrogens is 2. The van der Waals surface area contributed by atoms with Crippen LogP contribution in [-0.4, -0.2) is 28.0 Å². The predicted molar refractivity (Wildman–Crippen MR) is 94.9 cm³/mol. The monoisotopic (exact) mass is 355 g/mol. The fourth-order valence-corrected chi connectivity index (χ4v) is 3.32. The van der Waals surface area contributed by atoms with Gasteiger partial charge in [0.15, 0.2) is 0 Å². The molecular weight excluding hydrogens is 342 g/mol. The molecule has 1 heterocycles. The second-order valence-electron chi connectivity index (χ2n) is 5.68. The number of aromatic hydroxyl groups is 1. The number of nitrogens with one attached hydrogen (secondary N) is 1. The standard InChI is InChI=1S/C17H13N3O4S/c18-10-3-1-9(2-4-10)17-19-14-6-5-12-13(16(14)20-17)7-11(8-15(12)21)25(22,23)24/h1-8,21H,18H2,(H,19,20)(H,22,23,24). The van der Waals surface area contributed by atoms with E-state index in [0.29, 0.717) is 33.3 Å². The lowest BCUT2D eigenvalue weighted by molar-refractivity contribution is 0.471. The predicted octanol–water partition coefficient (Wildman–Crippen LogP) is 2.92. The average molecular weight is 355 g/mol. The van der Waals surface area contributed by atoms with Crippen LogP contribution in [0.2, 0.25) is 0 Å².